The maximum atomic E-state index is 12.6. The third-order valence-corrected chi connectivity index (χ3v) is 3.64. The number of benzene rings is 1. The molecule has 2 rings (SSSR count). The summed E-state index contributed by atoms with van der Waals surface area (Å²) in [5.74, 6) is 4.83. The summed E-state index contributed by atoms with van der Waals surface area (Å²) in [6.07, 6.45) is 0. The summed E-state index contributed by atoms with van der Waals surface area (Å²) in [5, 5.41) is 2.74. The predicted molar refractivity (Wildman–Crippen MR) is 87.5 cm³/mol. The van der Waals surface area contributed by atoms with E-state index in [0.29, 0.717) is 26.3 Å². The minimum atomic E-state index is -0.564. The summed E-state index contributed by atoms with van der Waals surface area (Å²) in [6.45, 7) is 6.03. The first-order valence-electron chi connectivity index (χ1n) is 7.82. The van der Waals surface area contributed by atoms with E-state index in [2.05, 4.69) is 17.2 Å². The Hall–Kier alpha value is -2.32. The zero-order valence-electron chi connectivity index (χ0n) is 13.5. The van der Waals surface area contributed by atoms with Crippen molar-refractivity contribution in [2.45, 2.75) is 19.9 Å². The number of hydrogen-bond donors (Lipinski definition) is 1. The number of ether oxygens (including phenoxy) is 1. The molecule has 1 saturated heterocycles. The van der Waals surface area contributed by atoms with Gasteiger partial charge in [0.25, 0.3) is 5.91 Å². The molecule has 0 radical (unpaired) electrons. The van der Waals surface area contributed by atoms with Crippen molar-refractivity contribution in [1.29, 1.82) is 0 Å². The monoisotopic (exact) mass is 314 g/mol. The van der Waals surface area contributed by atoms with Crippen molar-refractivity contribution >= 4 is 11.8 Å². The number of hydrogen-bond acceptors (Lipinski definition) is 3. The fourth-order valence-electron chi connectivity index (χ4n) is 2.32. The van der Waals surface area contributed by atoms with E-state index in [1.54, 1.807) is 4.90 Å². The highest BCUT2D eigenvalue weighted by atomic mass is 16.5. The van der Waals surface area contributed by atoms with Crippen LogP contribution in [-0.2, 0) is 14.3 Å². The second-order valence-electron chi connectivity index (χ2n) is 5.75. The lowest BCUT2D eigenvalue weighted by molar-refractivity contribution is -0.140. The van der Waals surface area contributed by atoms with Gasteiger partial charge in [0.1, 0.15) is 6.04 Å². The van der Waals surface area contributed by atoms with Crippen molar-refractivity contribution in [3.8, 4) is 11.8 Å². The lowest BCUT2D eigenvalue weighted by atomic mass is 10.0. The van der Waals surface area contributed by atoms with Crippen molar-refractivity contribution in [1.82, 2.24) is 10.2 Å². The van der Waals surface area contributed by atoms with Crippen LogP contribution in [0.4, 0.5) is 0 Å². The first kappa shape index (κ1) is 17.0. The van der Waals surface area contributed by atoms with Gasteiger partial charge >= 0.3 is 0 Å². The Bertz CT molecular complexity index is 596. The molecule has 0 bridgehead atoms. The van der Waals surface area contributed by atoms with Crippen LogP contribution in [0.2, 0.25) is 0 Å². The van der Waals surface area contributed by atoms with Gasteiger partial charge in [0, 0.05) is 24.6 Å². The van der Waals surface area contributed by atoms with E-state index < -0.39 is 11.9 Å². The quantitative estimate of drug-likeness (QED) is 0.848. The van der Waals surface area contributed by atoms with Crippen molar-refractivity contribution in [2.75, 3.05) is 26.3 Å². The van der Waals surface area contributed by atoms with E-state index >= 15 is 0 Å². The number of nitrogens with zero attached hydrogens (tertiary/aromatic N) is 1. The Morgan fingerprint density at radius 2 is 1.83 bits per heavy atom. The number of carbonyl (C=O) groups is 2. The third-order valence-electron chi connectivity index (χ3n) is 3.64. The fraction of sp³-hybridized carbons (Fsp3) is 0.444. The smallest absolute Gasteiger partial charge is 0.296 e. The van der Waals surface area contributed by atoms with Gasteiger partial charge in [0.2, 0.25) is 5.91 Å². The van der Waals surface area contributed by atoms with Crippen LogP contribution in [0, 0.1) is 17.8 Å². The maximum Gasteiger partial charge on any atom is 0.296 e. The molecule has 2 amide bonds. The second-order valence-corrected chi connectivity index (χ2v) is 5.75. The highest BCUT2D eigenvalue weighted by molar-refractivity contribution is 5.97. The van der Waals surface area contributed by atoms with Crippen LogP contribution >= 0.6 is 0 Å². The average Bonchev–Trinajstić information content (AvgIpc) is 2.58. The number of nitrogens with one attached hydrogen (secondary N) is 1. The molecule has 0 aromatic heterocycles. The summed E-state index contributed by atoms with van der Waals surface area (Å²) >= 11 is 0. The molecule has 1 aromatic carbocycles. The Balaban J connectivity index is 2.00. The minimum Gasteiger partial charge on any atom is -0.378 e. The van der Waals surface area contributed by atoms with Gasteiger partial charge in [-0.1, -0.05) is 38.0 Å². The van der Waals surface area contributed by atoms with Crippen LogP contribution in [0.5, 0.6) is 0 Å². The molecule has 1 aromatic rings. The van der Waals surface area contributed by atoms with Crippen LogP contribution in [0.15, 0.2) is 30.3 Å². The zero-order valence-corrected chi connectivity index (χ0v) is 13.5. The van der Waals surface area contributed by atoms with Crippen molar-refractivity contribution in [2.24, 2.45) is 5.92 Å². The third kappa shape index (κ3) is 5.11. The predicted octanol–water partition coefficient (Wildman–Crippen LogP) is 1.04. The van der Waals surface area contributed by atoms with Gasteiger partial charge in [-0.2, -0.15) is 0 Å². The molecule has 5 nitrogen and oxygen atoms in total. The van der Waals surface area contributed by atoms with Crippen molar-refractivity contribution in [3.63, 3.8) is 0 Å². The highest BCUT2D eigenvalue weighted by Gasteiger charge is 2.29. The zero-order chi connectivity index (χ0) is 16.7. The molecule has 1 unspecified atom stereocenters. The molecule has 1 aliphatic heterocycles. The van der Waals surface area contributed by atoms with Crippen LogP contribution < -0.4 is 5.32 Å². The highest BCUT2D eigenvalue weighted by Crippen LogP contribution is 2.08. The van der Waals surface area contributed by atoms with Crippen molar-refractivity contribution in [3.05, 3.63) is 35.9 Å². The Morgan fingerprint density at radius 1 is 1.17 bits per heavy atom. The Labute approximate surface area is 137 Å². The Morgan fingerprint density at radius 3 is 2.43 bits per heavy atom. The lowest BCUT2D eigenvalue weighted by Gasteiger charge is -2.31. The van der Waals surface area contributed by atoms with E-state index in [0.717, 1.165) is 5.56 Å². The summed E-state index contributed by atoms with van der Waals surface area (Å²) in [7, 11) is 0. The van der Waals surface area contributed by atoms with E-state index in [9.17, 15) is 9.59 Å². The summed E-state index contributed by atoms with van der Waals surface area (Å²) in [6, 6.07) is 8.71. The normalized spacial score (nSPS) is 15.5. The van der Waals surface area contributed by atoms with Crippen LogP contribution in [-0.4, -0.2) is 49.1 Å². The minimum absolute atomic E-state index is 0.00665. The maximum absolute atomic E-state index is 12.6. The fourth-order valence-corrected chi connectivity index (χ4v) is 2.32. The molecule has 1 aliphatic rings. The molecule has 0 saturated carbocycles. The van der Waals surface area contributed by atoms with Crippen LogP contribution in [0.1, 0.15) is 19.4 Å². The van der Waals surface area contributed by atoms with Gasteiger partial charge in [-0.25, -0.2) is 0 Å². The molecular formula is C18H22N2O3. The average molecular weight is 314 g/mol. The molecule has 1 atom stereocenters. The largest absolute Gasteiger partial charge is 0.378 e. The van der Waals surface area contributed by atoms with Gasteiger partial charge in [0.05, 0.1) is 13.2 Å². The second kappa shape index (κ2) is 8.35. The number of morpholine rings is 1. The Kier molecular flexibility index (Phi) is 6.19. The SMILES string of the molecule is CC(C)C(NC(=O)C#Cc1ccccc1)C(=O)N1CCOCC1. The summed E-state index contributed by atoms with van der Waals surface area (Å²) < 4.78 is 5.26. The van der Waals surface area contributed by atoms with Crippen molar-refractivity contribution < 1.29 is 14.3 Å². The first-order valence-corrected chi connectivity index (χ1v) is 7.82. The molecule has 122 valence electrons. The number of amides is 2. The molecule has 0 spiro atoms. The molecule has 0 aliphatic carbocycles. The number of rotatable bonds is 3. The summed E-state index contributed by atoms with van der Waals surface area (Å²) in [5.41, 5.74) is 0.767. The van der Waals surface area contributed by atoms with Crippen LogP contribution in [0.25, 0.3) is 0 Å². The van der Waals surface area contributed by atoms with Gasteiger partial charge in [-0.3, -0.25) is 9.59 Å². The number of carbonyl (C=O) groups excluding carboxylic acids is 2. The van der Waals surface area contributed by atoms with Gasteiger partial charge in [-0.05, 0) is 18.1 Å². The van der Waals surface area contributed by atoms with E-state index in [1.165, 1.54) is 0 Å². The lowest BCUT2D eigenvalue weighted by Crippen LogP contribution is -2.53. The molecule has 23 heavy (non-hydrogen) atoms. The summed E-state index contributed by atoms with van der Waals surface area (Å²) in [4.78, 5) is 26.3. The standard InChI is InChI=1S/C18H22N2O3/c1-14(2)17(18(22)20-10-12-23-13-11-20)19-16(21)9-8-15-6-4-3-5-7-15/h3-7,14,17H,10-13H2,1-2H3,(H,19,21). The van der Waals surface area contributed by atoms with E-state index in [-0.39, 0.29) is 11.8 Å². The molecule has 5 heteroatoms. The van der Waals surface area contributed by atoms with Gasteiger partial charge in [0.15, 0.2) is 0 Å². The van der Waals surface area contributed by atoms with Crippen LogP contribution in [0.3, 0.4) is 0 Å². The topological polar surface area (TPSA) is 58.6 Å². The van der Waals surface area contributed by atoms with Gasteiger partial charge < -0.3 is 15.0 Å². The molecule has 1 fully saturated rings. The van der Waals surface area contributed by atoms with E-state index in [1.807, 2.05) is 44.2 Å². The molecule has 1 N–H and O–H groups in total. The first-order chi connectivity index (χ1) is 11.1. The molecule has 1 heterocycles. The van der Waals surface area contributed by atoms with Gasteiger partial charge in [-0.15, -0.1) is 0 Å². The molecular weight excluding hydrogens is 292 g/mol. The van der Waals surface area contributed by atoms with E-state index in [4.69, 9.17) is 4.74 Å².